The van der Waals surface area contributed by atoms with Crippen LogP contribution in [0.5, 0.6) is 11.5 Å². The number of anilines is 1. The van der Waals surface area contributed by atoms with Crippen LogP contribution in [0.25, 0.3) is 0 Å². The van der Waals surface area contributed by atoms with Crippen LogP contribution >= 0.6 is 0 Å². The van der Waals surface area contributed by atoms with Crippen molar-refractivity contribution in [1.82, 2.24) is 0 Å². The minimum absolute atomic E-state index is 0.00650. The highest BCUT2D eigenvalue weighted by Gasteiger charge is 2.30. The summed E-state index contributed by atoms with van der Waals surface area (Å²) in [6, 6.07) is 2.59. The Morgan fingerprint density at radius 2 is 2.10 bits per heavy atom. The highest BCUT2D eigenvalue weighted by atomic mass is 16.7. The van der Waals surface area contributed by atoms with E-state index in [-0.39, 0.29) is 23.9 Å². The number of hydrogen-bond acceptors (Lipinski definition) is 6. The lowest BCUT2D eigenvalue weighted by Gasteiger charge is -2.21. The van der Waals surface area contributed by atoms with Crippen molar-refractivity contribution in [3.8, 4) is 11.5 Å². The van der Waals surface area contributed by atoms with Crippen molar-refractivity contribution >= 4 is 17.3 Å². The van der Waals surface area contributed by atoms with Crippen molar-refractivity contribution in [1.29, 1.82) is 0 Å². The van der Waals surface area contributed by atoms with Gasteiger partial charge >= 0.3 is 0 Å². The Labute approximate surface area is 115 Å². The number of amides is 1. The fraction of sp³-hybridized carbons (Fsp3) is 0.417. The minimum atomic E-state index is -1.11. The summed E-state index contributed by atoms with van der Waals surface area (Å²) in [4.78, 5) is 22.5. The number of fused-ring (bicyclic) bond motifs is 1. The van der Waals surface area contributed by atoms with Crippen molar-refractivity contribution in [3.05, 3.63) is 22.2 Å². The van der Waals surface area contributed by atoms with E-state index in [9.17, 15) is 14.9 Å². The minimum Gasteiger partial charge on any atom is -0.454 e. The van der Waals surface area contributed by atoms with Gasteiger partial charge in [0.25, 0.3) is 5.69 Å². The molecule has 0 fully saturated rings. The average molecular weight is 281 g/mol. The molecule has 1 aromatic rings. The Morgan fingerprint density at radius 3 is 2.65 bits per heavy atom. The number of nitrogens with one attached hydrogen (secondary N) is 1. The van der Waals surface area contributed by atoms with Gasteiger partial charge in [-0.05, 0) is 13.3 Å². The van der Waals surface area contributed by atoms with Gasteiger partial charge in [0.2, 0.25) is 12.7 Å². The Hall–Kier alpha value is -2.35. The second kappa shape index (κ2) is 4.97. The first-order valence-corrected chi connectivity index (χ1v) is 6.03. The van der Waals surface area contributed by atoms with Crippen molar-refractivity contribution in [2.45, 2.75) is 25.8 Å². The SMILES string of the molecule is CCC(C)(N)C(=O)Nc1cc2c(cc1[N+](=O)[O-])OCO2. The fourth-order valence-electron chi connectivity index (χ4n) is 1.61. The molecule has 0 radical (unpaired) electrons. The fourth-order valence-corrected chi connectivity index (χ4v) is 1.61. The average Bonchev–Trinajstić information content (AvgIpc) is 2.84. The van der Waals surface area contributed by atoms with E-state index in [1.165, 1.54) is 12.1 Å². The monoisotopic (exact) mass is 281 g/mol. The van der Waals surface area contributed by atoms with Crippen LogP contribution in [0.2, 0.25) is 0 Å². The van der Waals surface area contributed by atoms with Gasteiger partial charge in [0.15, 0.2) is 11.5 Å². The Balaban J connectivity index is 2.36. The zero-order valence-corrected chi connectivity index (χ0v) is 11.1. The predicted octanol–water partition coefficient (Wildman–Crippen LogP) is 1.39. The van der Waals surface area contributed by atoms with Gasteiger partial charge in [0, 0.05) is 6.07 Å². The summed E-state index contributed by atoms with van der Waals surface area (Å²) in [5.41, 5.74) is 4.47. The second-order valence-corrected chi connectivity index (χ2v) is 4.70. The molecule has 1 unspecified atom stereocenters. The van der Waals surface area contributed by atoms with Gasteiger partial charge in [-0.15, -0.1) is 0 Å². The van der Waals surface area contributed by atoms with Crippen LogP contribution in [0.15, 0.2) is 12.1 Å². The van der Waals surface area contributed by atoms with E-state index < -0.39 is 16.4 Å². The lowest BCUT2D eigenvalue weighted by Crippen LogP contribution is -2.47. The van der Waals surface area contributed by atoms with Gasteiger partial charge in [0.1, 0.15) is 5.69 Å². The molecule has 8 heteroatoms. The van der Waals surface area contributed by atoms with Gasteiger partial charge in [-0.1, -0.05) is 6.92 Å². The number of hydrogen-bond donors (Lipinski definition) is 2. The summed E-state index contributed by atoms with van der Waals surface area (Å²) in [5, 5.41) is 13.5. The highest BCUT2D eigenvalue weighted by molar-refractivity contribution is 5.99. The molecule has 1 atom stereocenters. The number of nitrogens with zero attached hydrogens (tertiary/aromatic N) is 1. The van der Waals surface area contributed by atoms with Crippen LogP contribution in [-0.2, 0) is 4.79 Å². The number of rotatable bonds is 4. The number of carbonyl (C=O) groups excluding carboxylic acids is 1. The van der Waals surface area contributed by atoms with Crippen molar-refractivity contribution in [2.24, 2.45) is 5.73 Å². The van der Waals surface area contributed by atoms with Crippen LogP contribution in [0.3, 0.4) is 0 Å². The third-order valence-corrected chi connectivity index (χ3v) is 3.19. The van der Waals surface area contributed by atoms with Crippen LogP contribution in [-0.4, -0.2) is 23.2 Å². The van der Waals surface area contributed by atoms with Gasteiger partial charge in [-0.25, -0.2) is 0 Å². The molecular weight excluding hydrogens is 266 g/mol. The molecule has 0 aromatic heterocycles. The summed E-state index contributed by atoms with van der Waals surface area (Å²) in [7, 11) is 0. The largest absolute Gasteiger partial charge is 0.454 e. The normalized spacial score (nSPS) is 15.6. The van der Waals surface area contributed by atoms with E-state index in [2.05, 4.69) is 5.32 Å². The number of ether oxygens (including phenoxy) is 2. The van der Waals surface area contributed by atoms with Crippen LogP contribution in [0, 0.1) is 10.1 Å². The second-order valence-electron chi connectivity index (χ2n) is 4.70. The Bertz CT molecular complexity index is 570. The van der Waals surface area contributed by atoms with Gasteiger partial charge < -0.3 is 20.5 Å². The molecular formula is C12H15N3O5. The number of carbonyl (C=O) groups is 1. The molecule has 1 aliphatic rings. The molecule has 8 nitrogen and oxygen atoms in total. The third kappa shape index (κ3) is 2.50. The molecule has 2 rings (SSSR count). The summed E-state index contributed by atoms with van der Waals surface area (Å²) in [6.45, 7) is 3.31. The number of nitrogens with two attached hydrogens (primary N) is 1. The van der Waals surface area contributed by atoms with Gasteiger partial charge in [-0.3, -0.25) is 14.9 Å². The molecule has 0 saturated heterocycles. The van der Waals surface area contributed by atoms with Gasteiger partial charge in [0.05, 0.1) is 16.5 Å². The number of nitro benzene ring substituents is 1. The molecule has 3 N–H and O–H groups in total. The van der Waals surface area contributed by atoms with Crippen molar-refractivity contribution in [3.63, 3.8) is 0 Å². The van der Waals surface area contributed by atoms with Crippen LogP contribution in [0.4, 0.5) is 11.4 Å². The Morgan fingerprint density at radius 1 is 1.50 bits per heavy atom. The van der Waals surface area contributed by atoms with E-state index in [4.69, 9.17) is 15.2 Å². The molecule has 1 aliphatic heterocycles. The molecule has 1 amide bonds. The number of benzene rings is 1. The summed E-state index contributed by atoms with van der Waals surface area (Å²) < 4.78 is 10.2. The molecule has 1 heterocycles. The summed E-state index contributed by atoms with van der Waals surface area (Å²) >= 11 is 0. The zero-order valence-electron chi connectivity index (χ0n) is 11.1. The van der Waals surface area contributed by atoms with Crippen LogP contribution in [0.1, 0.15) is 20.3 Å². The highest BCUT2D eigenvalue weighted by Crippen LogP contribution is 2.40. The maximum atomic E-state index is 12.0. The molecule has 0 bridgehead atoms. The molecule has 0 saturated carbocycles. The van der Waals surface area contributed by atoms with E-state index in [1.54, 1.807) is 13.8 Å². The first kappa shape index (κ1) is 14.1. The quantitative estimate of drug-likeness (QED) is 0.636. The zero-order chi connectivity index (χ0) is 14.9. The van der Waals surface area contributed by atoms with Crippen molar-refractivity contribution < 1.29 is 19.2 Å². The maximum absolute atomic E-state index is 12.0. The molecule has 20 heavy (non-hydrogen) atoms. The molecule has 108 valence electrons. The van der Waals surface area contributed by atoms with Gasteiger partial charge in [-0.2, -0.15) is 0 Å². The Kier molecular flexibility index (Phi) is 3.49. The topological polar surface area (TPSA) is 117 Å². The summed E-state index contributed by atoms with van der Waals surface area (Å²) in [5.74, 6) is 0.129. The van der Waals surface area contributed by atoms with E-state index in [1.807, 2.05) is 0 Å². The van der Waals surface area contributed by atoms with E-state index >= 15 is 0 Å². The summed E-state index contributed by atoms with van der Waals surface area (Å²) in [6.07, 6.45) is 0.400. The third-order valence-electron chi connectivity index (χ3n) is 3.19. The first-order valence-electron chi connectivity index (χ1n) is 6.03. The first-order chi connectivity index (χ1) is 9.35. The van der Waals surface area contributed by atoms with E-state index in [0.717, 1.165) is 0 Å². The molecule has 0 spiro atoms. The van der Waals surface area contributed by atoms with E-state index in [0.29, 0.717) is 12.2 Å². The van der Waals surface area contributed by atoms with Crippen molar-refractivity contribution in [2.75, 3.05) is 12.1 Å². The number of nitro groups is 1. The molecule has 0 aliphatic carbocycles. The lowest BCUT2D eigenvalue weighted by atomic mass is 9.99. The predicted molar refractivity (Wildman–Crippen MR) is 70.7 cm³/mol. The lowest BCUT2D eigenvalue weighted by molar-refractivity contribution is -0.384. The smallest absolute Gasteiger partial charge is 0.296 e. The molecule has 1 aromatic carbocycles. The standard InChI is InChI=1S/C12H15N3O5/c1-3-12(2,13)11(16)14-7-4-9-10(20-6-19-9)5-8(7)15(17)18/h4-5H,3,6,13H2,1-2H3,(H,14,16). The maximum Gasteiger partial charge on any atom is 0.296 e. The van der Waals surface area contributed by atoms with Crippen LogP contribution < -0.4 is 20.5 Å².